The molecule has 35 heavy (non-hydrogen) atoms. The molecule has 5 nitrogen and oxygen atoms in total. The first-order valence-corrected chi connectivity index (χ1v) is 13.0. The number of likely N-dealkylation sites (tertiary alicyclic amines) is 1. The topological polar surface area (TPSA) is 42.0 Å². The van der Waals surface area contributed by atoms with E-state index in [4.69, 9.17) is 9.47 Å². The third-order valence-electron chi connectivity index (χ3n) is 6.82. The van der Waals surface area contributed by atoms with E-state index in [0.29, 0.717) is 17.9 Å². The number of benzene rings is 2. The third-order valence-corrected chi connectivity index (χ3v) is 6.82. The molecule has 0 spiro atoms. The van der Waals surface area contributed by atoms with E-state index >= 15 is 0 Å². The van der Waals surface area contributed by atoms with Gasteiger partial charge >= 0.3 is 0 Å². The summed E-state index contributed by atoms with van der Waals surface area (Å²) in [5.74, 6) is 1.50. The van der Waals surface area contributed by atoms with Crippen LogP contribution in [0.25, 0.3) is 5.57 Å². The highest BCUT2D eigenvalue weighted by Crippen LogP contribution is 2.34. The molecule has 1 saturated heterocycles. The number of hydrogen-bond donors (Lipinski definition) is 0. The highest BCUT2D eigenvalue weighted by Gasteiger charge is 2.27. The second-order valence-electron chi connectivity index (χ2n) is 9.25. The van der Waals surface area contributed by atoms with Crippen molar-refractivity contribution in [3.63, 3.8) is 0 Å². The van der Waals surface area contributed by atoms with Gasteiger partial charge in [0.1, 0.15) is 18.1 Å². The number of hydrogen-bond acceptors (Lipinski definition) is 4. The quantitative estimate of drug-likeness (QED) is 0.437. The summed E-state index contributed by atoms with van der Waals surface area (Å²) < 4.78 is 11.9. The van der Waals surface area contributed by atoms with E-state index in [1.54, 1.807) is 4.90 Å². The maximum Gasteiger partial charge on any atom is 0.264 e. The van der Waals surface area contributed by atoms with Gasteiger partial charge in [-0.3, -0.25) is 14.6 Å². The van der Waals surface area contributed by atoms with E-state index in [1.165, 1.54) is 49.9 Å². The predicted octanol–water partition coefficient (Wildman–Crippen LogP) is 6.70. The number of allylic oxidation sites excluding steroid dienone is 4. The van der Waals surface area contributed by atoms with E-state index in [9.17, 15) is 4.79 Å². The molecule has 0 bridgehead atoms. The van der Waals surface area contributed by atoms with Crippen LogP contribution < -0.4 is 14.4 Å². The second kappa shape index (κ2) is 12.6. The number of amides is 1. The van der Waals surface area contributed by atoms with Crippen LogP contribution in [0.4, 0.5) is 5.69 Å². The minimum absolute atomic E-state index is 0.0203. The normalized spacial score (nSPS) is 17.9. The summed E-state index contributed by atoms with van der Waals surface area (Å²) in [4.78, 5) is 17.2. The van der Waals surface area contributed by atoms with E-state index in [-0.39, 0.29) is 12.6 Å². The lowest BCUT2D eigenvalue weighted by molar-refractivity contribution is 0.0937. The molecule has 2 heterocycles. The average molecular weight is 475 g/mol. The summed E-state index contributed by atoms with van der Waals surface area (Å²) in [6.45, 7) is 8.25. The molecule has 0 unspecified atom stereocenters. The lowest BCUT2D eigenvalue weighted by Crippen LogP contribution is -2.38. The van der Waals surface area contributed by atoms with Crippen molar-refractivity contribution in [1.82, 2.24) is 4.90 Å². The number of rotatable bonds is 6. The van der Waals surface area contributed by atoms with Gasteiger partial charge in [-0.15, -0.1) is 0 Å². The highest BCUT2D eigenvalue weighted by atomic mass is 16.5. The molecule has 0 N–H and O–H groups in total. The van der Waals surface area contributed by atoms with Crippen molar-refractivity contribution in [3.8, 4) is 11.5 Å². The molecule has 186 valence electrons. The van der Waals surface area contributed by atoms with Gasteiger partial charge in [-0.2, -0.15) is 0 Å². The van der Waals surface area contributed by atoms with Crippen LogP contribution in [0.5, 0.6) is 11.5 Å². The summed E-state index contributed by atoms with van der Waals surface area (Å²) in [6, 6.07) is 13.7. The molecular formula is C30H38N2O3. The molecule has 1 aliphatic carbocycles. The highest BCUT2D eigenvalue weighted by molar-refractivity contribution is 6.09. The fourth-order valence-electron chi connectivity index (χ4n) is 4.67. The summed E-state index contributed by atoms with van der Waals surface area (Å²) in [7, 11) is 0. The zero-order valence-corrected chi connectivity index (χ0v) is 21.2. The molecule has 2 aliphatic heterocycles. The molecule has 0 saturated carbocycles. The number of nitrogens with zero attached hydrogens (tertiary/aromatic N) is 2. The molecule has 0 radical (unpaired) electrons. The van der Waals surface area contributed by atoms with Crippen LogP contribution >= 0.6 is 0 Å². The van der Waals surface area contributed by atoms with Gasteiger partial charge in [0.15, 0.2) is 6.73 Å². The van der Waals surface area contributed by atoms with Crippen molar-refractivity contribution < 1.29 is 14.3 Å². The number of carbonyl (C=O) groups excluding carboxylic acids is 1. The molecular weight excluding hydrogens is 436 g/mol. The standard InChI is InChI=1S/C26H30N2O3.C4H8/c29-26-24-13-8-21(20-6-2-1-3-7-20)18-25(24)31-19-28(26)22-9-11-23(12-10-22)30-17-16-27-14-4-5-15-27;1-3-4-2/h6,8-13,18H,1-5,7,14-17,19H2;3-4H,1-2H3/b;4-3-. The Balaban J connectivity index is 0.000000672. The van der Waals surface area contributed by atoms with Gasteiger partial charge in [-0.25, -0.2) is 0 Å². The first kappa shape index (κ1) is 25.1. The molecule has 5 heteroatoms. The largest absolute Gasteiger partial charge is 0.492 e. The Morgan fingerprint density at radius 2 is 1.74 bits per heavy atom. The Hall–Kier alpha value is -3.05. The monoisotopic (exact) mass is 474 g/mol. The molecule has 1 fully saturated rings. The van der Waals surface area contributed by atoms with Crippen LogP contribution in [0.2, 0.25) is 0 Å². The Kier molecular flexibility index (Phi) is 9.02. The van der Waals surface area contributed by atoms with Gasteiger partial charge in [0.25, 0.3) is 5.91 Å². The minimum atomic E-state index is -0.0203. The number of ether oxygens (including phenoxy) is 2. The van der Waals surface area contributed by atoms with Gasteiger partial charge in [-0.1, -0.05) is 24.3 Å². The van der Waals surface area contributed by atoms with Crippen LogP contribution in [0, 0.1) is 0 Å². The van der Waals surface area contributed by atoms with Gasteiger partial charge in [0, 0.05) is 12.2 Å². The molecule has 2 aromatic carbocycles. The van der Waals surface area contributed by atoms with Crippen LogP contribution in [0.3, 0.4) is 0 Å². The Morgan fingerprint density at radius 3 is 2.43 bits per heavy atom. The summed E-state index contributed by atoms with van der Waals surface area (Å²) in [5, 5.41) is 0. The molecule has 2 aromatic rings. The van der Waals surface area contributed by atoms with E-state index in [2.05, 4.69) is 17.0 Å². The smallest absolute Gasteiger partial charge is 0.264 e. The first-order chi connectivity index (χ1) is 17.2. The van der Waals surface area contributed by atoms with Crippen molar-refractivity contribution in [2.75, 3.05) is 37.9 Å². The number of fused-ring (bicyclic) bond motifs is 1. The SMILES string of the molecule is C/C=C\C.O=C1c2ccc(C3=CCCCC3)cc2OCN1c1ccc(OCCN2CCCC2)cc1. The fourth-order valence-corrected chi connectivity index (χ4v) is 4.67. The fraction of sp³-hybridized carbons (Fsp3) is 0.433. The first-order valence-electron chi connectivity index (χ1n) is 13.0. The van der Waals surface area contributed by atoms with Gasteiger partial charge in [0.05, 0.1) is 5.56 Å². The van der Waals surface area contributed by atoms with E-state index in [0.717, 1.165) is 30.8 Å². The summed E-state index contributed by atoms with van der Waals surface area (Å²) >= 11 is 0. The van der Waals surface area contributed by atoms with Crippen LogP contribution in [0.1, 0.15) is 68.3 Å². The van der Waals surface area contributed by atoms with E-state index < -0.39 is 0 Å². The number of anilines is 1. The Bertz CT molecular complexity index is 1030. The predicted molar refractivity (Wildman–Crippen MR) is 143 cm³/mol. The molecule has 0 aromatic heterocycles. The minimum Gasteiger partial charge on any atom is -0.492 e. The van der Waals surface area contributed by atoms with Crippen molar-refractivity contribution in [3.05, 3.63) is 71.8 Å². The Labute approximate surface area is 210 Å². The lowest BCUT2D eigenvalue weighted by atomic mass is 9.92. The maximum atomic E-state index is 13.1. The number of carbonyl (C=O) groups is 1. The van der Waals surface area contributed by atoms with Crippen molar-refractivity contribution in [1.29, 1.82) is 0 Å². The maximum absolute atomic E-state index is 13.1. The molecule has 1 amide bonds. The molecule has 3 aliphatic rings. The Morgan fingerprint density at radius 1 is 0.971 bits per heavy atom. The zero-order valence-electron chi connectivity index (χ0n) is 21.2. The third kappa shape index (κ3) is 6.55. The van der Waals surface area contributed by atoms with Crippen LogP contribution in [-0.4, -0.2) is 43.8 Å². The van der Waals surface area contributed by atoms with E-state index in [1.807, 2.05) is 62.4 Å². The van der Waals surface area contributed by atoms with Gasteiger partial charge < -0.3 is 9.47 Å². The lowest BCUT2D eigenvalue weighted by Gasteiger charge is -2.29. The van der Waals surface area contributed by atoms with Crippen molar-refractivity contribution >= 4 is 17.2 Å². The van der Waals surface area contributed by atoms with Crippen molar-refractivity contribution in [2.24, 2.45) is 0 Å². The van der Waals surface area contributed by atoms with Gasteiger partial charge in [-0.05, 0) is 113 Å². The van der Waals surface area contributed by atoms with Gasteiger partial charge in [0.2, 0.25) is 0 Å². The van der Waals surface area contributed by atoms with Crippen LogP contribution in [0.15, 0.2) is 60.7 Å². The summed E-state index contributed by atoms with van der Waals surface area (Å²) in [5.41, 5.74) is 3.99. The second-order valence-corrected chi connectivity index (χ2v) is 9.25. The summed E-state index contributed by atoms with van der Waals surface area (Å²) in [6.07, 6.45) is 13.6. The molecule has 0 atom stereocenters. The zero-order chi connectivity index (χ0) is 24.5. The van der Waals surface area contributed by atoms with Crippen LogP contribution in [-0.2, 0) is 0 Å². The van der Waals surface area contributed by atoms with Crippen molar-refractivity contribution in [2.45, 2.75) is 52.4 Å². The molecule has 5 rings (SSSR count). The average Bonchev–Trinajstić information content (AvgIpc) is 3.43.